The van der Waals surface area contributed by atoms with Gasteiger partial charge >= 0.3 is 6.18 Å². The molecular weight excluding hydrogens is 337 g/mol. The molecule has 1 aromatic rings. The van der Waals surface area contributed by atoms with Gasteiger partial charge in [0.2, 0.25) is 0 Å². The molecule has 0 aliphatic heterocycles. The van der Waals surface area contributed by atoms with Crippen molar-refractivity contribution in [1.29, 1.82) is 0 Å². The predicted octanol–water partition coefficient (Wildman–Crippen LogP) is 8.11. The Labute approximate surface area is 159 Å². The van der Waals surface area contributed by atoms with Crippen molar-refractivity contribution in [3.8, 4) is 0 Å². The largest absolute Gasteiger partial charge is 0.416 e. The summed E-state index contributed by atoms with van der Waals surface area (Å²) in [6.07, 6.45) is 2.06. The Hall–Kier alpha value is -1.32. The normalized spacial score (nSPS) is 9.85. The third kappa shape index (κ3) is 20.7. The molecule has 0 saturated carbocycles. The first-order chi connectivity index (χ1) is 12.1. The third-order valence-electron chi connectivity index (χ3n) is 3.25. The lowest BCUT2D eigenvalue weighted by atomic mass is 10.0. The number of benzene rings is 1. The number of carbonyl (C=O) groups is 1. The van der Waals surface area contributed by atoms with Crippen LogP contribution in [-0.2, 0) is 17.4 Å². The van der Waals surface area contributed by atoms with E-state index in [9.17, 15) is 18.0 Å². The van der Waals surface area contributed by atoms with Crippen molar-refractivity contribution in [3.05, 3.63) is 35.4 Å². The van der Waals surface area contributed by atoms with Gasteiger partial charge in [-0.15, -0.1) is 0 Å². The topological polar surface area (TPSA) is 17.1 Å². The number of hydrogen-bond donors (Lipinski definition) is 0. The molecular formula is C22H39F3O. The Bertz CT molecular complexity index is 412. The molecule has 0 heterocycles. The monoisotopic (exact) mass is 376 g/mol. The van der Waals surface area contributed by atoms with Gasteiger partial charge in [-0.1, -0.05) is 79.4 Å². The number of aryl methyl sites for hydroxylation is 1. The minimum Gasteiger partial charge on any atom is -0.300 e. The second-order valence-corrected chi connectivity index (χ2v) is 6.14. The van der Waals surface area contributed by atoms with Crippen molar-refractivity contribution in [1.82, 2.24) is 0 Å². The third-order valence-corrected chi connectivity index (χ3v) is 3.25. The molecule has 0 saturated heterocycles. The van der Waals surface area contributed by atoms with Gasteiger partial charge in [-0.25, -0.2) is 0 Å². The van der Waals surface area contributed by atoms with Crippen LogP contribution in [0.15, 0.2) is 24.3 Å². The molecule has 0 N–H and O–H groups in total. The highest BCUT2D eigenvalue weighted by molar-refractivity contribution is 5.72. The van der Waals surface area contributed by atoms with Crippen LogP contribution in [0.1, 0.15) is 92.2 Å². The molecule has 154 valence electrons. The van der Waals surface area contributed by atoms with Crippen LogP contribution < -0.4 is 0 Å². The molecule has 1 rings (SSSR count). The van der Waals surface area contributed by atoms with Crippen molar-refractivity contribution in [2.75, 3.05) is 0 Å². The van der Waals surface area contributed by atoms with Crippen molar-refractivity contribution in [3.63, 3.8) is 0 Å². The second-order valence-electron chi connectivity index (χ2n) is 6.14. The van der Waals surface area contributed by atoms with Gasteiger partial charge in [0.25, 0.3) is 0 Å². The first kappa shape index (κ1) is 29.4. The van der Waals surface area contributed by atoms with Gasteiger partial charge in [0.05, 0.1) is 5.56 Å². The smallest absolute Gasteiger partial charge is 0.300 e. The number of Topliss-reactive ketones (excluding diaryl/α,β-unsaturated/α-hetero) is 1. The zero-order valence-electron chi connectivity index (χ0n) is 18.0. The van der Waals surface area contributed by atoms with Gasteiger partial charge < -0.3 is 4.79 Å². The van der Waals surface area contributed by atoms with Gasteiger partial charge in [0.15, 0.2) is 0 Å². The van der Waals surface area contributed by atoms with Crippen molar-refractivity contribution in [2.45, 2.75) is 93.7 Å². The minimum absolute atomic E-state index is 0.167. The number of alkyl halides is 3. The maximum absolute atomic E-state index is 12.0. The van der Waals surface area contributed by atoms with E-state index in [1.165, 1.54) is 51.7 Å². The summed E-state index contributed by atoms with van der Waals surface area (Å²) in [5.74, 6) is 1.13. The Morgan fingerprint density at radius 3 is 1.50 bits per heavy atom. The van der Waals surface area contributed by atoms with Gasteiger partial charge in [0.1, 0.15) is 5.78 Å². The SMILES string of the molecule is CC.CC(C)=O.CCCC(C)CCC.CCc1ccc(C(F)(F)F)cc1. The first-order valence-electron chi connectivity index (χ1n) is 9.71. The highest BCUT2D eigenvalue weighted by Crippen LogP contribution is 2.29. The molecule has 1 nitrogen and oxygen atoms in total. The highest BCUT2D eigenvalue weighted by Gasteiger charge is 2.29. The van der Waals surface area contributed by atoms with E-state index in [1.54, 1.807) is 0 Å². The molecule has 1 aromatic carbocycles. The number of ketones is 1. The summed E-state index contributed by atoms with van der Waals surface area (Å²) in [5, 5.41) is 0. The summed E-state index contributed by atoms with van der Waals surface area (Å²) in [7, 11) is 0. The first-order valence-corrected chi connectivity index (χ1v) is 9.71. The fourth-order valence-electron chi connectivity index (χ4n) is 2.06. The lowest BCUT2D eigenvalue weighted by Crippen LogP contribution is -2.04. The van der Waals surface area contributed by atoms with Crippen LogP contribution in [0.25, 0.3) is 0 Å². The number of carbonyl (C=O) groups excluding carboxylic acids is 1. The summed E-state index contributed by atoms with van der Waals surface area (Å²) in [6.45, 7) is 15.8. The quantitative estimate of drug-likeness (QED) is 0.507. The predicted molar refractivity (Wildman–Crippen MR) is 108 cm³/mol. The zero-order valence-corrected chi connectivity index (χ0v) is 18.0. The van der Waals surface area contributed by atoms with Crippen molar-refractivity contribution in [2.24, 2.45) is 5.92 Å². The molecule has 0 unspecified atom stereocenters. The molecule has 0 aliphatic carbocycles. The molecule has 26 heavy (non-hydrogen) atoms. The Morgan fingerprint density at radius 2 is 1.27 bits per heavy atom. The summed E-state index contributed by atoms with van der Waals surface area (Å²) in [6, 6.07) is 5.23. The Kier molecular flexibility index (Phi) is 20.9. The van der Waals surface area contributed by atoms with E-state index >= 15 is 0 Å². The van der Waals surface area contributed by atoms with Gasteiger partial charge in [-0.2, -0.15) is 13.2 Å². The van der Waals surface area contributed by atoms with Crippen LogP contribution in [0.4, 0.5) is 13.2 Å². The molecule has 4 heteroatoms. The van der Waals surface area contributed by atoms with Crippen molar-refractivity contribution >= 4 is 5.78 Å². The fraction of sp³-hybridized carbons (Fsp3) is 0.682. The van der Waals surface area contributed by atoms with Crippen LogP contribution in [0.3, 0.4) is 0 Å². The standard InChI is InChI=1S/C9H9F3.C8H18.C3H6O.C2H6/c1-2-7-3-5-8(6-4-7)9(10,11)12;1-4-6-8(3)7-5-2;1-3(2)4;1-2/h3-6H,2H2,1H3;8H,4-7H2,1-3H3;1-2H3;1-2H3. The Balaban J connectivity index is -0.000000328. The van der Waals surface area contributed by atoms with Gasteiger partial charge in [-0.05, 0) is 43.9 Å². The van der Waals surface area contributed by atoms with E-state index in [0.29, 0.717) is 0 Å². The molecule has 0 fully saturated rings. The van der Waals surface area contributed by atoms with E-state index in [4.69, 9.17) is 0 Å². The average molecular weight is 377 g/mol. The lowest BCUT2D eigenvalue weighted by Gasteiger charge is -2.06. The molecule has 0 bridgehead atoms. The van der Waals surface area contributed by atoms with E-state index in [0.717, 1.165) is 30.0 Å². The van der Waals surface area contributed by atoms with E-state index in [1.807, 2.05) is 20.8 Å². The van der Waals surface area contributed by atoms with E-state index < -0.39 is 11.7 Å². The van der Waals surface area contributed by atoms with Crippen LogP contribution in [0.5, 0.6) is 0 Å². The molecule has 0 aromatic heterocycles. The summed E-state index contributed by atoms with van der Waals surface area (Å²) < 4.78 is 36.1. The van der Waals surface area contributed by atoms with E-state index in [2.05, 4.69) is 20.8 Å². The Morgan fingerprint density at radius 1 is 0.923 bits per heavy atom. The molecule has 0 amide bonds. The zero-order chi connectivity index (χ0) is 21.2. The maximum atomic E-state index is 12.0. The van der Waals surface area contributed by atoms with E-state index in [-0.39, 0.29) is 5.78 Å². The maximum Gasteiger partial charge on any atom is 0.416 e. The summed E-state index contributed by atoms with van der Waals surface area (Å²) >= 11 is 0. The second kappa shape index (κ2) is 18.5. The average Bonchev–Trinajstić information content (AvgIpc) is 2.56. The lowest BCUT2D eigenvalue weighted by molar-refractivity contribution is -0.137. The minimum atomic E-state index is -4.22. The fourth-order valence-corrected chi connectivity index (χ4v) is 2.06. The molecule has 0 spiro atoms. The molecule has 0 aliphatic rings. The van der Waals surface area contributed by atoms with Gasteiger partial charge in [-0.3, -0.25) is 0 Å². The number of rotatable bonds is 5. The highest BCUT2D eigenvalue weighted by atomic mass is 19.4. The summed E-state index contributed by atoms with van der Waals surface area (Å²) in [4.78, 5) is 9.44. The van der Waals surface area contributed by atoms with Crippen LogP contribution >= 0.6 is 0 Å². The number of halogens is 3. The molecule has 0 radical (unpaired) electrons. The molecule has 0 atom stereocenters. The van der Waals surface area contributed by atoms with Crippen molar-refractivity contribution < 1.29 is 18.0 Å². The van der Waals surface area contributed by atoms with Gasteiger partial charge in [0, 0.05) is 0 Å². The van der Waals surface area contributed by atoms with Crippen LogP contribution in [-0.4, -0.2) is 5.78 Å². The number of hydrogen-bond acceptors (Lipinski definition) is 1. The summed E-state index contributed by atoms with van der Waals surface area (Å²) in [5.41, 5.74) is 0.336. The van der Waals surface area contributed by atoms with Crippen LogP contribution in [0, 0.1) is 5.92 Å². The van der Waals surface area contributed by atoms with Crippen LogP contribution in [0.2, 0.25) is 0 Å².